The number of hydrogen-bond donors (Lipinski definition) is 0. The lowest BCUT2D eigenvalue weighted by molar-refractivity contribution is 0.662. The van der Waals surface area contributed by atoms with Gasteiger partial charge in [-0.25, -0.2) is 15.0 Å². The number of nitrogens with zero attached hydrogens (tertiary/aromatic N) is 3. The standard InChI is InChI=1S/C60H39N3OS/c1-60(2)50-22-8-6-17-44(50)46-20-11-19-43(56(46)60)41-16-10-15-39(33-41)40-29-31-51-49(34-40)55-47(21-12-23-52(55)64-51)59-62-57(38-27-25-37(26-28-38)36-13-4-3-5-14-36)61-58(63-59)42-30-32-54-48(35-42)45-18-7-9-24-53(45)65-54/h3-35H,1-2H3. The Hall–Kier alpha value is -7.99. The zero-order valence-corrected chi connectivity index (χ0v) is 36.5. The number of rotatable bonds is 6. The van der Waals surface area contributed by atoms with Gasteiger partial charge in [0.05, 0.1) is 0 Å². The van der Waals surface area contributed by atoms with Crippen LogP contribution in [0.1, 0.15) is 25.0 Å². The molecule has 5 heteroatoms. The first-order chi connectivity index (χ1) is 31.9. The number of fused-ring (bicyclic) bond motifs is 9. The van der Waals surface area contributed by atoms with Crippen LogP contribution in [0.5, 0.6) is 0 Å². The topological polar surface area (TPSA) is 51.8 Å². The highest BCUT2D eigenvalue weighted by molar-refractivity contribution is 7.25. The summed E-state index contributed by atoms with van der Waals surface area (Å²) in [6.45, 7) is 4.70. The molecule has 3 heterocycles. The summed E-state index contributed by atoms with van der Waals surface area (Å²) in [5.74, 6) is 1.82. The fourth-order valence-electron chi connectivity index (χ4n) is 10.2. The van der Waals surface area contributed by atoms with Crippen LogP contribution in [-0.4, -0.2) is 15.0 Å². The van der Waals surface area contributed by atoms with Gasteiger partial charge in [0.15, 0.2) is 17.5 Å². The molecule has 12 aromatic rings. The summed E-state index contributed by atoms with van der Waals surface area (Å²) in [5.41, 5.74) is 16.7. The number of furan rings is 1. The summed E-state index contributed by atoms with van der Waals surface area (Å²) in [5, 5.41) is 4.42. The average molecular weight is 850 g/mol. The second-order valence-electron chi connectivity index (χ2n) is 17.5. The van der Waals surface area contributed by atoms with Crippen molar-refractivity contribution >= 4 is 53.4 Å². The van der Waals surface area contributed by atoms with Gasteiger partial charge in [0.1, 0.15) is 11.2 Å². The molecule has 65 heavy (non-hydrogen) atoms. The van der Waals surface area contributed by atoms with E-state index in [4.69, 9.17) is 19.4 Å². The van der Waals surface area contributed by atoms with E-state index in [0.29, 0.717) is 17.5 Å². The molecule has 306 valence electrons. The molecule has 0 unspecified atom stereocenters. The SMILES string of the molecule is CC1(C)c2ccccc2-c2cccc(-c3cccc(-c4ccc5oc6cccc(-c7nc(-c8ccc(-c9ccccc9)cc8)nc(-c8ccc9sc%10ccccc%10c9c8)n7)c6c5c4)c3)c21. The van der Waals surface area contributed by atoms with Crippen molar-refractivity contribution in [2.24, 2.45) is 0 Å². The van der Waals surface area contributed by atoms with E-state index in [1.165, 1.54) is 53.6 Å². The van der Waals surface area contributed by atoms with Crippen LogP contribution in [0.3, 0.4) is 0 Å². The molecule has 4 nitrogen and oxygen atoms in total. The van der Waals surface area contributed by atoms with Crippen LogP contribution >= 0.6 is 11.3 Å². The average Bonchev–Trinajstić information content (AvgIpc) is 4.01. The second-order valence-corrected chi connectivity index (χ2v) is 18.6. The van der Waals surface area contributed by atoms with Crippen molar-refractivity contribution in [3.05, 3.63) is 211 Å². The molecule has 0 atom stereocenters. The molecule has 0 saturated heterocycles. The van der Waals surface area contributed by atoms with E-state index in [1.807, 2.05) is 18.2 Å². The van der Waals surface area contributed by atoms with Crippen molar-refractivity contribution in [1.82, 2.24) is 15.0 Å². The van der Waals surface area contributed by atoms with Crippen molar-refractivity contribution in [1.29, 1.82) is 0 Å². The lowest BCUT2D eigenvalue weighted by Gasteiger charge is -2.24. The second kappa shape index (κ2) is 14.5. The third-order valence-corrected chi connectivity index (χ3v) is 14.5. The normalized spacial score (nSPS) is 12.9. The fourth-order valence-corrected chi connectivity index (χ4v) is 11.3. The molecule has 0 spiro atoms. The maximum Gasteiger partial charge on any atom is 0.164 e. The molecule has 1 aliphatic carbocycles. The van der Waals surface area contributed by atoms with Gasteiger partial charge in [-0.05, 0) is 104 Å². The van der Waals surface area contributed by atoms with E-state index >= 15 is 0 Å². The number of thiophene rings is 1. The Morgan fingerprint density at radius 3 is 1.85 bits per heavy atom. The zero-order valence-electron chi connectivity index (χ0n) is 35.7. The van der Waals surface area contributed by atoms with Crippen LogP contribution in [0.2, 0.25) is 0 Å². The summed E-state index contributed by atoms with van der Waals surface area (Å²) >= 11 is 1.81. The molecule has 9 aromatic carbocycles. The number of hydrogen-bond acceptors (Lipinski definition) is 5. The molecule has 0 fully saturated rings. The van der Waals surface area contributed by atoms with Gasteiger partial charge in [-0.1, -0.05) is 166 Å². The van der Waals surface area contributed by atoms with Gasteiger partial charge in [0.2, 0.25) is 0 Å². The first-order valence-corrected chi connectivity index (χ1v) is 22.9. The van der Waals surface area contributed by atoms with Crippen LogP contribution < -0.4 is 0 Å². The Labute approximate surface area is 380 Å². The monoisotopic (exact) mass is 849 g/mol. The van der Waals surface area contributed by atoms with Gasteiger partial charge >= 0.3 is 0 Å². The highest BCUT2D eigenvalue weighted by atomic mass is 32.1. The van der Waals surface area contributed by atoms with Gasteiger partial charge in [-0.3, -0.25) is 0 Å². The molecule has 0 amide bonds. The van der Waals surface area contributed by atoms with Crippen LogP contribution in [-0.2, 0) is 5.41 Å². The maximum absolute atomic E-state index is 6.60. The van der Waals surface area contributed by atoms with E-state index in [-0.39, 0.29) is 5.41 Å². The van der Waals surface area contributed by atoms with E-state index in [9.17, 15) is 0 Å². The van der Waals surface area contributed by atoms with Gasteiger partial charge in [-0.15, -0.1) is 11.3 Å². The highest BCUT2D eigenvalue weighted by Gasteiger charge is 2.37. The summed E-state index contributed by atoms with van der Waals surface area (Å²) in [7, 11) is 0. The summed E-state index contributed by atoms with van der Waals surface area (Å²) < 4.78 is 9.10. The Morgan fingerprint density at radius 2 is 0.954 bits per heavy atom. The smallest absolute Gasteiger partial charge is 0.164 e. The predicted octanol–water partition coefficient (Wildman–Crippen LogP) is 16.4. The lowest BCUT2D eigenvalue weighted by Crippen LogP contribution is -2.16. The molecular weight excluding hydrogens is 811 g/mol. The maximum atomic E-state index is 6.60. The quantitative estimate of drug-likeness (QED) is 0.167. The Kier molecular flexibility index (Phi) is 8.39. The first kappa shape index (κ1) is 37.6. The molecule has 0 aliphatic heterocycles. The highest BCUT2D eigenvalue weighted by Crippen LogP contribution is 2.52. The van der Waals surface area contributed by atoms with Gasteiger partial charge < -0.3 is 4.42 Å². The molecule has 3 aromatic heterocycles. The molecular formula is C60H39N3OS. The summed E-state index contributed by atoms with van der Waals surface area (Å²) in [6, 6.07) is 71.3. The Bertz CT molecular complexity index is 3860. The molecule has 13 rings (SSSR count). The first-order valence-electron chi connectivity index (χ1n) is 22.1. The Morgan fingerprint density at radius 1 is 0.369 bits per heavy atom. The van der Waals surface area contributed by atoms with Crippen LogP contribution in [0.25, 0.3) is 121 Å². The van der Waals surface area contributed by atoms with Crippen molar-refractivity contribution < 1.29 is 4.42 Å². The third-order valence-electron chi connectivity index (χ3n) is 13.3. The van der Waals surface area contributed by atoms with Gasteiger partial charge in [0, 0.05) is 53.1 Å². The third kappa shape index (κ3) is 6.07. The lowest BCUT2D eigenvalue weighted by atomic mass is 9.78. The van der Waals surface area contributed by atoms with Crippen molar-refractivity contribution in [2.75, 3.05) is 0 Å². The van der Waals surface area contributed by atoms with Crippen LogP contribution in [0, 0.1) is 0 Å². The van der Waals surface area contributed by atoms with Crippen molar-refractivity contribution in [3.63, 3.8) is 0 Å². The Balaban J connectivity index is 0.956. The molecule has 0 saturated carbocycles. The van der Waals surface area contributed by atoms with Gasteiger partial charge in [0.25, 0.3) is 0 Å². The van der Waals surface area contributed by atoms with E-state index in [2.05, 4.69) is 196 Å². The minimum atomic E-state index is -0.116. The van der Waals surface area contributed by atoms with Crippen LogP contribution in [0.4, 0.5) is 0 Å². The molecule has 0 radical (unpaired) electrons. The number of aromatic nitrogens is 3. The van der Waals surface area contributed by atoms with E-state index in [0.717, 1.165) is 60.9 Å². The van der Waals surface area contributed by atoms with Crippen LogP contribution in [0.15, 0.2) is 205 Å². The zero-order chi connectivity index (χ0) is 43.2. The predicted molar refractivity (Wildman–Crippen MR) is 270 cm³/mol. The fraction of sp³-hybridized carbons (Fsp3) is 0.0500. The molecule has 0 bridgehead atoms. The van der Waals surface area contributed by atoms with Gasteiger partial charge in [-0.2, -0.15) is 0 Å². The van der Waals surface area contributed by atoms with Crippen molar-refractivity contribution in [2.45, 2.75) is 19.3 Å². The minimum Gasteiger partial charge on any atom is -0.456 e. The molecule has 1 aliphatic rings. The summed E-state index contributed by atoms with van der Waals surface area (Å²) in [4.78, 5) is 15.7. The van der Waals surface area contributed by atoms with E-state index < -0.39 is 0 Å². The number of benzene rings is 9. The summed E-state index contributed by atoms with van der Waals surface area (Å²) in [6.07, 6.45) is 0. The molecule has 0 N–H and O–H groups in total. The van der Waals surface area contributed by atoms with E-state index in [1.54, 1.807) is 11.3 Å². The largest absolute Gasteiger partial charge is 0.456 e. The minimum absolute atomic E-state index is 0.116. The van der Waals surface area contributed by atoms with Crippen molar-refractivity contribution in [3.8, 4) is 78.7 Å².